The molecule has 0 aliphatic carbocycles. The maximum absolute atomic E-state index is 11.5. The van der Waals surface area contributed by atoms with Crippen LogP contribution < -0.4 is 15.4 Å². The lowest BCUT2D eigenvalue weighted by Crippen LogP contribution is -2.43. The molecule has 0 fully saturated rings. The maximum Gasteiger partial charge on any atom is 0.314 e. The second-order valence-corrected chi connectivity index (χ2v) is 6.45. The molecule has 22 heavy (non-hydrogen) atoms. The zero-order chi connectivity index (χ0) is 16.6. The molecule has 0 bridgehead atoms. The first kappa shape index (κ1) is 18.3. The summed E-state index contributed by atoms with van der Waals surface area (Å²) in [7, 11) is 0. The van der Waals surface area contributed by atoms with Crippen molar-refractivity contribution in [1.82, 2.24) is 10.6 Å². The molecule has 0 aliphatic heterocycles. The molecule has 0 spiro atoms. The van der Waals surface area contributed by atoms with Crippen molar-refractivity contribution in [3.8, 4) is 5.75 Å². The Morgan fingerprint density at radius 1 is 1.23 bits per heavy atom. The highest BCUT2D eigenvalue weighted by Gasteiger charge is 2.21. The number of nitrogens with one attached hydrogen (secondary N) is 2. The molecule has 0 saturated carbocycles. The average Bonchev–Trinajstić information content (AvgIpc) is 2.49. The van der Waals surface area contributed by atoms with Crippen LogP contribution in [0.1, 0.15) is 33.3 Å². The highest BCUT2D eigenvalue weighted by atomic mass is 16.5. The summed E-state index contributed by atoms with van der Waals surface area (Å²) in [6.45, 7) is 9.79. The summed E-state index contributed by atoms with van der Waals surface area (Å²) in [6, 6.07) is 7.72. The third-order valence-corrected chi connectivity index (χ3v) is 3.31. The first-order chi connectivity index (χ1) is 10.3. The molecule has 0 radical (unpaired) electrons. The second-order valence-electron chi connectivity index (χ2n) is 6.45. The lowest BCUT2D eigenvalue weighted by Gasteiger charge is -2.26. The van der Waals surface area contributed by atoms with Crippen molar-refractivity contribution in [3.05, 3.63) is 29.8 Å². The Kier molecular flexibility index (Phi) is 7.18. The third-order valence-electron chi connectivity index (χ3n) is 3.31. The number of carbonyl (C=O) groups is 1. The van der Waals surface area contributed by atoms with Crippen molar-refractivity contribution in [1.29, 1.82) is 0 Å². The molecule has 1 rings (SSSR count). The van der Waals surface area contributed by atoms with Crippen LogP contribution in [0.15, 0.2) is 24.3 Å². The largest absolute Gasteiger partial charge is 0.493 e. The number of benzene rings is 1. The molecule has 0 atom stereocenters. The Hall–Kier alpha value is -1.75. The second kappa shape index (κ2) is 8.63. The number of amides is 2. The standard InChI is InChI=1S/C17H28N2O3/c1-13(2)11-22-15-7-5-14(6-8-15)17(3,4)12-19-16(21)18-9-10-20/h5-8,13,20H,9-12H2,1-4H3,(H2,18,19,21). The first-order valence-electron chi connectivity index (χ1n) is 7.71. The van der Waals surface area contributed by atoms with E-state index in [1.54, 1.807) is 0 Å². The Labute approximate surface area is 133 Å². The van der Waals surface area contributed by atoms with E-state index in [0.29, 0.717) is 19.1 Å². The molecular weight excluding hydrogens is 280 g/mol. The Morgan fingerprint density at radius 2 is 1.86 bits per heavy atom. The van der Waals surface area contributed by atoms with Gasteiger partial charge in [0.25, 0.3) is 0 Å². The first-order valence-corrected chi connectivity index (χ1v) is 7.71. The summed E-state index contributed by atoms with van der Waals surface area (Å²) in [5.74, 6) is 1.36. The Balaban J connectivity index is 2.55. The summed E-state index contributed by atoms with van der Waals surface area (Å²) in [6.07, 6.45) is 0. The van der Waals surface area contributed by atoms with Gasteiger partial charge in [-0.15, -0.1) is 0 Å². The van der Waals surface area contributed by atoms with Gasteiger partial charge in [-0.1, -0.05) is 39.8 Å². The van der Waals surface area contributed by atoms with E-state index >= 15 is 0 Å². The minimum Gasteiger partial charge on any atom is -0.493 e. The number of urea groups is 1. The summed E-state index contributed by atoms with van der Waals surface area (Å²) in [4.78, 5) is 11.5. The predicted octanol–water partition coefficient (Wildman–Crippen LogP) is 2.29. The number of aliphatic hydroxyl groups excluding tert-OH is 1. The molecule has 0 saturated heterocycles. The van der Waals surface area contributed by atoms with Crippen molar-refractivity contribution in [2.24, 2.45) is 5.92 Å². The average molecular weight is 308 g/mol. The van der Waals surface area contributed by atoms with Gasteiger partial charge in [-0.2, -0.15) is 0 Å². The Morgan fingerprint density at radius 3 is 2.41 bits per heavy atom. The van der Waals surface area contributed by atoms with Crippen molar-refractivity contribution in [2.75, 3.05) is 26.3 Å². The number of hydrogen-bond donors (Lipinski definition) is 3. The molecule has 5 nitrogen and oxygen atoms in total. The van der Waals surface area contributed by atoms with Crippen molar-refractivity contribution in [3.63, 3.8) is 0 Å². The van der Waals surface area contributed by atoms with Crippen molar-refractivity contribution < 1.29 is 14.6 Å². The normalized spacial score (nSPS) is 11.4. The van der Waals surface area contributed by atoms with E-state index < -0.39 is 0 Å². The Bertz CT molecular complexity index is 455. The lowest BCUT2D eigenvalue weighted by atomic mass is 9.84. The van der Waals surface area contributed by atoms with Gasteiger partial charge >= 0.3 is 6.03 Å². The maximum atomic E-state index is 11.5. The van der Waals surface area contributed by atoms with Crippen molar-refractivity contribution in [2.45, 2.75) is 33.1 Å². The molecular formula is C17H28N2O3. The van der Waals surface area contributed by atoms with E-state index in [0.717, 1.165) is 11.3 Å². The van der Waals surface area contributed by atoms with E-state index in [4.69, 9.17) is 9.84 Å². The van der Waals surface area contributed by atoms with Gasteiger partial charge in [0.2, 0.25) is 0 Å². The number of ether oxygens (including phenoxy) is 1. The summed E-state index contributed by atoms with van der Waals surface area (Å²) in [5, 5.41) is 14.1. The molecule has 1 aromatic rings. The van der Waals surface area contributed by atoms with E-state index in [1.807, 2.05) is 24.3 Å². The quantitative estimate of drug-likeness (QED) is 0.690. The number of aliphatic hydroxyl groups is 1. The van der Waals surface area contributed by atoms with E-state index in [9.17, 15) is 4.79 Å². The summed E-state index contributed by atoms with van der Waals surface area (Å²) in [5.41, 5.74) is 0.944. The minimum atomic E-state index is -0.265. The molecule has 5 heteroatoms. The molecule has 1 aromatic carbocycles. The van der Waals surface area contributed by atoms with Crippen LogP contribution in [-0.4, -0.2) is 37.4 Å². The molecule has 124 valence electrons. The fourth-order valence-corrected chi connectivity index (χ4v) is 1.90. The molecule has 2 amide bonds. The SMILES string of the molecule is CC(C)COc1ccc(C(C)(C)CNC(=O)NCCO)cc1. The fourth-order valence-electron chi connectivity index (χ4n) is 1.90. The summed E-state index contributed by atoms with van der Waals surface area (Å²) >= 11 is 0. The lowest BCUT2D eigenvalue weighted by molar-refractivity contribution is 0.232. The summed E-state index contributed by atoms with van der Waals surface area (Å²) < 4.78 is 5.67. The predicted molar refractivity (Wildman–Crippen MR) is 88.3 cm³/mol. The smallest absolute Gasteiger partial charge is 0.314 e. The number of rotatable bonds is 8. The van der Waals surface area contributed by atoms with Crippen LogP contribution in [-0.2, 0) is 5.41 Å². The van der Waals surface area contributed by atoms with Crippen LogP contribution >= 0.6 is 0 Å². The van der Waals surface area contributed by atoms with Crippen LogP contribution in [0.3, 0.4) is 0 Å². The van der Waals surface area contributed by atoms with Gasteiger partial charge in [-0.05, 0) is 23.6 Å². The highest BCUT2D eigenvalue weighted by Crippen LogP contribution is 2.24. The highest BCUT2D eigenvalue weighted by molar-refractivity contribution is 5.73. The third kappa shape index (κ3) is 6.35. The van der Waals surface area contributed by atoms with Crippen LogP contribution in [0.5, 0.6) is 5.75 Å². The molecule has 0 heterocycles. The van der Waals surface area contributed by atoms with Crippen LogP contribution in [0.4, 0.5) is 4.79 Å². The molecule has 3 N–H and O–H groups in total. The van der Waals surface area contributed by atoms with Gasteiger partial charge in [0.15, 0.2) is 0 Å². The molecule has 0 aliphatic rings. The number of carbonyl (C=O) groups excluding carboxylic acids is 1. The van der Waals surface area contributed by atoms with Gasteiger partial charge in [0.05, 0.1) is 13.2 Å². The van der Waals surface area contributed by atoms with Gasteiger partial charge in [0, 0.05) is 18.5 Å². The van der Waals surface area contributed by atoms with E-state index in [2.05, 4.69) is 38.3 Å². The van der Waals surface area contributed by atoms with Crippen LogP contribution in [0, 0.1) is 5.92 Å². The molecule has 0 aromatic heterocycles. The van der Waals surface area contributed by atoms with Crippen molar-refractivity contribution >= 4 is 6.03 Å². The molecule has 0 unspecified atom stereocenters. The van der Waals surface area contributed by atoms with Gasteiger partial charge < -0.3 is 20.5 Å². The topological polar surface area (TPSA) is 70.6 Å². The zero-order valence-electron chi connectivity index (χ0n) is 14.0. The van der Waals surface area contributed by atoms with Gasteiger partial charge in [0.1, 0.15) is 5.75 Å². The van der Waals surface area contributed by atoms with Gasteiger partial charge in [-0.25, -0.2) is 4.79 Å². The monoisotopic (exact) mass is 308 g/mol. The minimum absolute atomic E-state index is 0.0609. The number of hydrogen-bond acceptors (Lipinski definition) is 3. The van der Waals surface area contributed by atoms with Gasteiger partial charge in [-0.3, -0.25) is 0 Å². The van der Waals surface area contributed by atoms with E-state index in [-0.39, 0.29) is 24.6 Å². The van der Waals surface area contributed by atoms with E-state index in [1.165, 1.54) is 0 Å². The van der Waals surface area contributed by atoms with Crippen LogP contribution in [0.25, 0.3) is 0 Å². The fraction of sp³-hybridized carbons (Fsp3) is 0.588. The van der Waals surface area contributed by atoms with Crippen LogP contribution in [0.2, 0.25) is 0 Å². The zero-order valence-corrected chi connectivity index (χ0v) is 14.0.